The Hall–Kier alpha value is -1.45. The summed E-state index contributed by atoms with van der Waals surface area (Å²) in [5, 5.41) is 0. The third-order valence-electron chi connectivity index (χ3n) is 1.77. The molecule has 0 unspecified atom stereocenters. The Labute approximate surface area is 70.5 Å². The molecule has 0 spiro atoms. The molecule has 4 heteroatoms. The number of rotatable bonds is 2. The second-order valence-corrected chi connectivity index (χ2v) is 2.93. The van der Waals surface area contributed by atoms with Gasteiger partial charge in [0.25, 0.3) is 0 Å². The lowest BCUT2D eigenvalue weighted by atomic mass is 10.3. The molecule has 1 saturated carbocycles. The topological polar surface area (TPSA) is 74.2 Å². The first-order valence-corrected chi connectivity index (χ1v) is 3.94. The molecule has 4 N–H and O–H groups in total. The minimum atomic E-state index is 0.304. The summed E-state index contributed by atoms with van der Waals surface area (Å²) in [6, 6.07) is 1.69. The molecule has 0 bridgehead atoms. The Bertz CT molecular complexity index is 276. The number of nitrogen functional groups attached to an aromatic ring is 2. The lowest BCUT2D eigenvalue weighted by Gasteiger charge is -2.08. The van der Waals surface area contributed by atoms with Crippen LogP contribution in [0.1, 0.15) is 12.8 Å². The molecule has 1 aromatic rings. The number of pyridine rings is 1. The smallest absolute Gasteiger partial charge is 0.184 e. The number of nitrogens with two attached hydrogens (primary N) is 2. The van der Waals surface area contributed by atoms with Crippen LogP contribution in [-0.2, 0) is 0 Å². The molecule has 2 rings (SSSR count). The van der Waals surface area contributed by atoms with Crippen LogP contribution in [-0.4, -0.2) is 11.1 Å². The molecule has 1 heterocycles. The van der Waals surface area contributed by atoms with E-state index in [2.05, 4.69) is 4.98 Å². The van der Waals surface area contributed by atoms with Gasteiger partial charge in [-0.3, -0.25) is 0 Å². The fourth-order valence-corrected chi connectivity index (χ4v) is 0.961. The Balaban J connectivity index is 2.26. The van der Waals surface area contributed by atoms with Crippen molar-refractivity contribution in [2.45, 2.75) is 18.9 Å². The Morgan fingerprint density at radius 1 is 1.42 bits per heavy atom. The first-order valence-electron chi connectivity index (χ1n) is 3.94. The van der Waals surface area contributed by atoms with Crippen molar-refractivity contribution < 1.29 is 4.74 Å². The van der Waals surface area contributed by atoms with E-state index in [1.165, 1.54) is 0 Å². The molecule has 1 aliphatic rings. The molecule has 0 radical (unpaired) electrons. The minimum Gasteiger partial charge on any atom is -0.484 e. The zero-order valence-corrected chi connectivity index (χ0v) is 6.66. The van der Waals surface area contributed by atoms with E-state index in [9.17, 15) is 0 Å². The number of anilines is 2. The van der Waals surface area contributed by atoms with Crippen molar-refractivity contribution in [2.24, 2.45) is 0 Å². The van der Waals surface area contributed by atoms with Gasteiger partial charge in [-0.2, -0.15) is 0 Å². The van der Waals surface area contributed by atoms with Gasteiger partial charge in [-0.15, -0.1) is 0 Å². The second-order valence-electron chi connectivity index (χ2n) is 2.93. The van der Waals surface area contributed by atoms with Crippen LogP contribution in [0.3, 0.4) is 0 Å². The Morgan fingerprint density at radius 3 is 2.75 bits per heavy atom. The van der Waals surface area contributed by atoms with E-state index < -0.39 is 0 Å². The number of hydrogen-bond acceptors (Lipinski definition) is 4. The predicted octanol–water partition coefficient (Wildman–Crippen LogP) is 0.787. The molecule has 0 aromatic carbocycles. The maximum atomic E-state index is 5.65. The zero-order valence-electron chi connectivity index (χ0n) is 6.66. The summed E-state index contributed by atoms with van der Waals surface area (Å²) in [7, 11) is 0. The third-order valence-corrected chi connectivity index (χ3v) is 1.77. The van der Waals surface area contributed by atoms with Crippen LogP contribution in [0.15, 0.2) is 12.3 Å². The predicted molar refractivity (Wildman–Crippen MR) is 46.7 cm³/mol. The Kier molecular flexibility index (Phi) is 1.53. The van der Waals surface area contributed by atoms with Gasteiger partial charge in [0.1, 0.15) is 0 Å². The van der Waals surface area contributed by atoms with E-state index >= 15 is 0 Å². The highest BCUT2D eigenvalue weighted by Crippen LogP contribution is 2.33. The summed E-state index contributed by atoms with van der Waals surface area (Å²) < 4.78 is 5.47. The molecule has 0 atom stereocenters. The van der Waals surface area contributed by atoms with Crippen molar-refractivity contribution in [3.05, 3.63) is 12.3 Å². The fourth-order valence-electron chi connectivity index (χ4n) is 0.961. The van der Waals surface area contributed by atoms with Gasteiger partial charge < -0.3 is 16.2 Å². The van der Waals surface area contributed by atoms with Gasteiger partial charge in [-0.05, 0) is 18.9 Å². The average molecular weight is 165 g/mol. The van der Waals surface area contributed by atoms with Crippen LogP contribution in [0.5, 0.6) is 5.75 Å². The molecule has 0 amide bonds. The Morgan fingerprint density at radius 2 is 2.17 bits per heavy atom. The second kappa shape index (κ2) is 2.55. The minimum absolute atomic E-state index is 0.304. The molecule has 1 aromatic heterocycles. The van der Waals surface area contributed by atoms with Crippen LogP contribution >= 0.6 is 0 Å². The number of hydrogen-bond donors (Lipinski definition) is 2. The van der Waals surface area contributed by atoms with Gasteiger partial charge in [0.2, 0.25) is 0 Å². The molecule has 0 aliphatic heterocycles. The van der Waals surface area contributed by atoms with Gasteiger partial charge in [-0.25, -0.2) is 4.98 Å². The number of nitrogens with zero attached hydrogens (tertiary/aromatic N) is 1. The van der Waals surface area contributed by atoms with Crippen LogP contribution in [0.2, 0.25) is 0 Å². The van der Waals surface area contributed by atoms with Crippen LogP contribution in [0.4, 0.5) is 11.5 Å². The average Bonchev–Trinajstić information content (AvgIpc) is 2.80. The van der Waals surface area contributed by atoms with E-state index in [0.717, 1.165) is 12.8 Å². The summed E-state index contributed by atoms with van der Waals surface area (Å²) in [4.78, 5) is 3.89. The molecular weight excluding hydrogens is 154 g/mol. The molecule has 12 heavy (non-hydrogen) atoms. The van der Waals surface area contributed by atoms with E-state index in [1.54, 1.807) is 12.3 Å². The molecule has 1 fully saturated rings. The zero-order chi connectivity index (χ0) is 8.55. The van der Waals surface area contributed by atoms with E-state index in [-0.39, 0.29) is 0 Å². The highest BCUT2D eigenvalue weighted by Gasteiger charge is 2.25. The maximum Gasteiger partial charge on any atom is 0.184 e. The molecule has 1 aliphatic carbocycles. The molecule has 0 saturated heterocycles. The van der Waals surface area contributed by atoms with Gasteiger partial charge >= 0.3 is 0 Å². The summed E-state index contributed by atoms with van der Waals surface area (Å²) in [6.07, 6.45) is 4.06. The summed E-state index contributed by atoms with van der Waals surface area (Å²) in [5.74, 6) is 0.918. The molecule has 64 valence electrons. The number of aromatic nitrogens is 1. The van der Waals surface area contributed by atoms with Crippen molar-refractivity contribution in [3.8, 4) is 5.75 Å². The van der Waals surface area contributed by atoms with Crippen molar-refractivity contribution in [2.75, 3.05) is 11.5 Å². The lowest BCUT2D eigenvalue weighted by Crippen LogP contribution is -2.04. The fraction of sp³-hybridized carbons (Fsp3) is 0.375. The normalized spacial score (nSPS) is 16.0. The lowest BCUT2D eigenvalue weighted by molar-refractivity contribution is 0.305. The molecule has 4 nitrogen and oxygen atoms in total. The largest absolute Gasteiger partial charge is 0.484 e. The summed E-state index contributed by atoms with van der Waals surface area (Å²) >= 11 is 0. The quantitative estimate of drug-likeness (QED) is 0.679. The van der Waals surface area contributed by atoms with Gasteiger partial charge in [-0.1, -0.05) is 0 Å². The van der Waals surface area contributed by atoms with Gasteiger partial charge in [0.15, 0.2) is 11.6 Å². The number of ether oxygens (including phenoxy) is 1. The SMILES string of the molecule is Nc1ccnc(N)c1OC1CC1. The van der Waals surface area contributed by atoms with Crippen molar-refractivity contribution >= 4 is 11.5 Å². The van der Waals surface area contributed by atoms with Crippen LogP contribution in [0, 0.1) is 0 Å². The van der Waals surface area contributed by atoms with E-state index in [0.29, 0.717) is 23.4 Å². The van der Waals surface area contributed by atoms with Crippen LogP contribution in [0.25, 0.3) is 0 Å². The monoisotopic (exact) mass is 165 g/mol. The van der Waals surface area contributed by atoms with Crippen LogP contribution < -0.4 is 16.2 Å². The molecular formula is C8H11N3O. The third kappa shape index (κ3) is 1.28. The van der Waals surface area contributed by atoms with Gasteiger partial charge in [0.05, 0.1) is 11.8 Å². The van der Waals surface area contributed by atoms with Crippen molar-refractivity contribution in [1.29, 1.82) is 0 Å². The first-order chi connectivity index (χ1) is 5.77. The summed E-state index contributed by atoms with van der Waals surface area (Å²) in [6.45, 7) is 0. The maximum absolute atomic E-state index is 5.65. The van der Waals surface area contributed by atoms with Crippen molar-refractivity contribution in [1.82, 2.24) is 4.98 Å². The van der Waals surface area contributed by atoms with Crippen molar-refractivity contribution in [3.63, 3.8) is 0 Å². The summed E-state index contributed by atoms with van der Waals surface area (Å²) in [5.41, 5.74) is 11.8. The van der Waals surface area contributed by atoms with E-state index in [1.807, 2.05) is 0 Å². The van der Waals surface area contributed by atoms with E-state index in [4.69, 9.17) is 16.2 Å². The first kappa shape index (κ1) is 7.21. The highest BCUT2D eigenvalue weighted by molar-refractivity contribution is 5.63. The standard InChI is InChI=1S/C8H11N3O/c9-6-3-4-11-8(10)7(6)12-5-1-2-5/h3-5H,1-2H2,(H4,9,10,11). The highest BCUT2D eigenvalue weighted by atomic mass is 16.5. The van der Waals surface area contributed by atoms with Gasteiger partial charge in [0, 0.05) is 6.20 Å².